The smallest absolute Gasteiger partial charge is 0.370 e. The summed E-state index contributed by atoms with van der Waals surface area (Å²) >= 11 is 5.06. The normalized spacial score (nSPS) is 12.4. The monoisotopic (exact) mass is 440 g/mol. The molecule has 2 rings (SSSR count). The second-order valence-electron chi connectivity index (χ2n) is 5.37. The zero-order valence-corrected chi connectivity index (χ0v) is 17.8. The van der Waals surface area contributed by atoms with Gasteiger partial charge in [0.1, 0.15) is 0 Å². The lowest BCUT2D eigenvalue weighted by molar-refractivity contribution is -0.135. The number of nitrogens with one attached hydrogen (secondary N) is 2. The first-order valence-corrected chi connectivity index (χ1v) is 10.5. The fourth-order valence-corrected chi connectivity index (χ4v) is 4.01. The molecular weight excluding hydrogens is 419 g/mol. The highest BCUT2D eigenvalue weighted by atomic mass is 32.1. The Hall–Kier alpha value is -2.59. The molecule has 0 saturated heterocycles. The van der Waals surface area contributed by atoms with Gasteiger partial charge in [0, 0.05) is 11.6 Å². The van der Waals surface area contributed by atoms with Gasteiger partial charge in [-0.25, -0.2) is 4.79 Å². The lowest BCUT2D eigenvalue weighted by atomic mass is 10.2. The Kier molecular flexibility index (Phi) is 8.03. The fraction of sp³-hybridized carbons (Fsp3) is 0.294. The number of benzene rings is 1. The van der Waals surface area contributed by atoms with Gasteiger partial charge < -0.3 is 29.2 Å². The average Bonchev–Trinajstić information content (AvgIpc) is 3.01. The van der Waals surface area contributed by atoms with Gasteiger partial charge >= 0.3 is 13.6 Å². The highest BCUT2D eigenvalue weighted by Gasteiger charge is 2.36. The number of hydrogen-bond donors (Lipinski definition) is 3. The molecule has 1 aromatic carbocycles. The van der Waals surface area contributed by atoms with E-state index in [0.717, 1.165) is 13.3 Å². The lowest BCUT2D eigenvalue weighted by Crippen LogP contribution is -2.17. The number of carbonyl (C=O) groups is 1. The number of aromatic nitrogens is 1. The van der Waals surface area contributed by atoms with E-state index in [4.69, 9.17) is 21.3 Å². The third-order valence-electron chi connectivity index (χ3n) is 3.52. The van der Waals surface area contributed by atoms with E-state index in [1.165, 1.54) is 0 Å². The van der Waals surface area contributed by atoms with Crippen molar-refractivity contribution in [3.8, 4) is 5.88 Å². The largest absolute Gasteiger partial charge is 0.493 e. The number of para-hydroxylation sites is 1. The van der Waals surface area contributed by atoms with Gasteiger partial charge in [-0.05, 0) is 32.1 Å². The predicted molar refractivity (Wildman–Crippen MR) is 111 cm³/mol. The number of thiocarbonyl (C=S) groups is 1. The first-order valence-electron chi connectivity index (χ1n) is 8.56. The van der Waals surface area contributed by atoms with Crippen molar-refractivity contribution in [2.75, 3.05) is 20.3 Å². The summed E-state index contributed by atoms with van der Waals surface area (Å²) in [6.07, 6.45) is 1.05. The number of carbonyl (C=O) groups excluding carboxylic acids is 1. The Morgan fingerprint density at radius 3 is 2.59 bits per heavy atom. The topological polar surface area (TPSA) is 135 Å². The van der Waals surface area contributed by atoms with Crippen molar-refractivity contribution in [2.24, 2.45) is 10.2 Å². The van der Waals surface area contributed by atoms with E-state index in [9.17, 15) is 14.5 Å². The summed E-state index contributed by atoms with van der Waals surface area (Å²) in [5.41, 5.74) is 0.885. The van der Waals surface area contributed by atoms with Gasteiger partial charge in [-0.15, -0.1) is 10.2 Å². The number of ether oxygens (including phenoxy) is 1. The quantitative estimate of drug-likeness (QED) is 0.183. The average molecular weight is 440 g/mol. The van der Waals surface area contributed by atoms with Crippen LogP contribution in [0.15, 0.2) is 46.0 Å². The second-order valence-corrected chi connectivity index (χ2v) is 7.75. The molecule has 0 unspecified atom stereocenters. The lowest BCUT2D eigenvalue weighted by Gasteiger charge is -2.18. The fourth-order valence-electron chi connectivity index (χ4n) is 2.34. The van der Waals surface area contributed by atoms with Crippen LogP contribution in [-0.2, 0) is 23.1 Å². The SMILES string of the molecule is CCOP(=O)(OCC)/C(=C\NC(=S)N=Nc1c(O)[nH]c2ccccc12)C(=O)OC. The molecule has 3 N–H and O–H groups in total. The van der Waals surface area contributed by atoms with Crippen LogP contribution in [0.4, 0.5) is 5.69 Å². The summed E-state index contributed by atoms with van der Waals surface area (Å²) in [7, 11) is -2.78. The van der Waals surface area contributed by atoms with E-state index in [1.54, 1.807) is 38.1 Å². The third-order valence-corrected chi connectivity index (χ3v) is 5.82. The van der Waals surface area contributed by atoms with Crippen molar-refractivity contribution in [3.05, 3.63) is 35.8 Å². The van der Waals surface area contributed by atoms with E-state index < -0.39 is 13.6 Å². The highest BCUT2D eigenvalue weighted by Crippen LogP contribution is 2.56. The van der Waals surface area contributed by atoms with Gasteiger partial charge in [0.2, 0.25) is 11.0 Å². The van der Waals surface area contributed by atoms with Crippen molar-refractivity contribution in [3.63, 3.8) is 0 Å². The first-order chi connectivity index (χ1) is 13.9. The molecule has 0 bridgehead atoms. The zero-order chi connectivity index (χ0) is 21.4. The van der Waals surface area contributed by atoms with Gasteiger partial charge in [-0.3, -0.25) is 4.57 Å². The van der Waals surface area contributed by atoms with Gasteiger partial charge in [-0.1, -0.05) is 18.2 Å². The van der Waals surface area contributed by atoms with E-state index in [2.05, 4.69) is 25.3 Å². The number of H-pyrrole nitrogens is 1. The number of fused-ring (bicyclic) bond motifs is 1. The molecule has 0 fully saturated rings. The number of nitrogens with zero attached hydrogens (tertiary/aromatic N) is 2. The zero-order valence-electron chi connectivity index (χ0n) is 16.0. The maximum Gasteiger partial charge on any atom is 0.370 e. The maximum absolute atomic E-state index is 12.9. The molecule has 0 aliphatic rings. The molecule has 0 spiro atoms. The molecule has 1 aromatic heterocycles. The molecule has 0 saturated carbocycles. The van der Waals surface area contributed by atoms with E-state index in [1.807, 2.05) is 0 Å². The predicted octanol–water partition coefficient (Wildman–Crippen LogP) is 4.11. The molecule has 0 aliphatic carbocycles. The Morgan fingerprint density at radius 1 is 1.31 bits per heavy atom. The summed E-state index contributed by atoms with van der Waals surface area (Å²) in [5, 5.41) is 20.4. The molecule has 10 nitrogen and oxygen atoms in total. The summed E-state index contributed by atoms with van der Waals surface area (Å²) in [5.74, 6) is -1.07. The van der Waals surface area contributed by atoms with Crippen molar-refractivity contribution in [2.45, 2.75) is 13.8 Å². The van der Waals surface area contributed by atoms with Crippen molar-refractivity contribution < 1.29 is 28.3 Å². The number of methoxy groups -OCH3 is 1. The summed E-state index contributed by atoms with van der Waals surface area (Å²) in [4.78, 5) is 14.8. The molecule has 29 heavy (non-hydrogen) atoms. The Morgan fingerprint density at radius 2 is 1.97 bits per heavy atom. The number of aromatic hydroxyl groups is 1. The Bertz CT molecular complexity index is 993. The first kappa shape index (κ1) is 22.7. The third kappa shape index (κ3) is 5.48. The van der Waals surface area contributed by atoms with Crippen molar-refractivity contribution in [1.29, 1.82) is 0 Å². The summed E-state index contributed by atoms with van der Waals surface area (Å²) < 4.78 is 27.8. The van der Waals surface area contributed by atoms with Crippen LogP contribution < -0.4 is 5.32 Å². The maximum atomic E-state index is 12.9. The Balaban J connectivity index is 2.25. The van der Waals surface area contributed by atoms with Crippen LogP contribution in [-0.4, -0.2) is 41.5 Å². The number of esters is 1. The minimum Gasteiger partial charge on any atom is -0.493 e. The van der Waals surface area contributed by atoms with Gasteiger partial charge in [0.25, 0.3) is 0 Å². The molecule has 0 atom stereocenters. The van der Waals surface area contributed by atoms with Gasteiger partial charge in [0.05, 0.1) is 25.8 Å². The van der Waals surface area contributed by atoms with Crippen LogP contribution in [0.5, 0.6) is 5.88 Å². The second kappa shape index (κ2) is 10.3. The number of azo groups is 1. The van der Waals surface area contributed by atoms with Crippen LogP contribution in [0.25, 0.3) is 10.9 Å². The number of aromatic amines is 1. The molecule has 0 radical (unpaired) electrons. The van der Waals surface area contributed by atoms with Crippen LogP contribution in [0.1, 0.15) is 13.8 Å². The van der Waals surface area contributed by atoms with Crippen LogP contribution in [0, 0.1) is 0 Å². The minimum atomic E-state index is -3.92. The molecule has 156 valence electrons. The molecule has 0 aliphatic heterocycles. The van der Waals surface area contributed by atoms with E-state index >= 15 is 0 Å². The molecular formula is C17H21N4O6PS. The van der Waals surface area contributed by atoms with E-state index in [-0.39, 0.29) is 35.2 Å². The van der Waals surface area contributed by atoms with Crippen LogP contribution >= 0.6 is 19.8 Å². The standard InChI is InChI=1S/C17H21N4O6PS/c1-4-26-28(24,27-5-2)13(16(23)25-3)10-18-17(29)21-20-14-11-8-6-7-9-12(11)19-15(14)22/h6-10,19,22H,4-5H2,1-3H3,(H,18,29)/b13-10-,21-20?. The minimum absolute atomic E-state index is 0.0512. The van der Waals surface area contributed by atoms with E-state index in [0.29, 0.717) is 10.9 Å². The Labute approximate surface area is 172 Å². The van der Waals surface area contributed by atoms with Crippen molar-refractivity contribution >= 4 is 47.5 Å². The molecule has 1 heterocycles. The molecule has 2 aromatic rings. The molecule has 0 amide bonds. The van der Waals surface area contributed by atoms with Crippen LogP contribution in [0.3, 0.4) is 0 Å². The van der Waals surface area contributed by atoms with Crippen LogP contribution in [0.2, 0.25) is 0 Å². The number of hydrogen-bond acceptors (Lipinski definition) is 8. The molecule has 12 heteroatoms. The summed E-state index contributed by atoms with van der Waals surface area (Å²) in [6, 6.07) is 7.12. The van der Waals surface area contributed by atoms with Gasteiger partial charge in [0.15, 0.2) is 11.0 Å². The number of rotatable bonds is 8. The summed E-state index contributed by atoms with van der Waals surface area (Å²) in [6.45, 7) is 3.33. The highest BCUT2D eigenvalue weighted by molar-refractivity contribution is 7.80. The van der Waals surface area contributed by atoms with Gasteiger partial charge in [-0.2, -0.15) is 0 Å². The van der Waals surface area contributed by atoms with Crippen molar-refractivity contribution in [1.82, 2.24) is 10.3 Å².